The summed E-state index contributed by atoms with van der Waals surface area (Å²) in [6.45, 7) is 4.72. The smallest absolute Gasteiger partial charge is 0.287 e. The fraction of sp³-hybridized carbons (Fsp3) is 0.400. The number of furan rings is 1. The summed E-state index contributed by atoms with van der Waals surface area (Å²) in [6, 6.07) is 11.1. The van der Waals surface area contributed by atoms with E-state index in [1.54, 1.807) is 12.1 Å². The van der Waals surface area contributed by atoms with Crippen LogP contribution in [-0.4, -0.2) is 42.4 Å². The van der Waals surface area contributed by atoms with Crippen LogP contribution in [0.2, 0.25) is 0 Å². The molecule has 2 aromatic rings. The quantitative estimate of drug-likeness (QED) is 0.886. The SMILES string of the molecule is CC(=O)Nc1ccc(-c2ccc(C(=O)N[C@H]3C[C@H]4CCN(C4)C3)o2)cc1. The minimum atomic E-state index is -0.154. The van der Waals surface area contributed by atoms with Crippen LogP contribution in [0, 0.1) is 5.92 Å². The lowest BCUT2D eigenvalue weighted by Gasteiger charge is -2.30. The lowest BCUT2D eigenvalue weighted by Crippen LogP contribution is -2.46. The van der Waals surface area contributed by atoms with E-state index in [9.17, 15) is 9.59 Å². The molecule has 1 unspecified atom stereocenters. The number of nitrogens with one attached hydrogen (secondary N) is 2. The van der Waals surface area contributed by atoms with Crippen LogP contribution in [0.5, 0.6) is 0 Å². The molecule has 0 radical (unpaired) electrons. The highest BCUT2D eigenvalue weighted by Crippen LogP contribution is 2.27. The van der Waals surface area contributed by atoms with Crippen LogP contribution in [0.15, 0.2) is 40.8 Å². The second kappa shape index (κ2) is 6.96. The topological polar surface area (TPSA) is 74.6 Å². The molecule has 0 saturated carbocycles. The highest BCUT2D eigenvalue weighted by molar-refractivity contribution is 5.92. The summed E-state index contributed by atoms with van der Waals surface area (Å²) in [5, 5.41) is 5.84. The van der Waals surface area contributed by atoms with Crippen molar-refractivity contribution in [2.24, 2.45) is 5.92 Å². The van der Waals surface area contributed by atoms with Gasteiger partial charge in [0.05, 0.1) is 0 Å². The van der Waals surface area contributed by atoms with E-state index in [-0.39, 0.29) is 17.9 Å². The molecule has 26 heavy (non-hydrogen) atoms. The molecule has 1 aromatic heterocycles. The zero-order chi connectivity index (χ0) is 18.1. The first-order valence-electron chi connectivity index (χ1n) is 9.08. The second-order valence-corrected chi connectivity index (χ2v) is 7.24. The van der Waals surface area contributed by atoms with Crippen LogP contribution in [0.4, 0.5) is 5.69 Å². The number of fused-ring (bicyclic) bond motifs is 2. The number of rotatable bonds is 4. The molecule has 2 amide bonds. The Morgan fingerprint density at radius 2 is 1.92 bits per heavy atom. The standard InChI is InChI=1S/C20H23N3O3/c1-13(24)21-16-4-2-15(3-5-16)18-6-7-19(26-18)20(25)22-17-10-14-8-9-23(11-14)12-17/h2-7,14,17H,8-12H2,1H3,(H,21,24)(H,22,25)/t14-,17+/m1/s1. The Morgan fingerprint density at radius 3 is 2.65 bits per heavy atom. The molecular weight excluding hydrogens is 330 g/mol. The van der Waals surface area contributed by atoms with Gasteiger partial charge in [0.25, 0.3) is 5.91 Å². The van der Waals surface area contributed by atoms with Crippen LogP contribution in [0.3, 0.4) is 0 Å². The molecule has 2 bridgehead atoms. The van der Waals surface area contributed by atoms with Crippen molar-refractivity contribution in [3.63, 3.8) is 0 Å². The van der Waals surface area contributed by atoms with Gasteiger partial charge in [-0.25, -0.2) is 0 Å². The van der Waals surface area contributed by atoms with Crippen molar-refractivity contribution in [2.45, 2.75) is 25.8 Å². The number of piperidine rings is 1. The highest BCUT2D eigenvalue weighted by atomic mass is 16.3. The van der Waals surface area contributed by atoms with Crippen molar-refractivity contribution in [2.75, 3.05) is 25.0 Å². The average molecular weight is 353 g/mol. The minimum Gasteiger partial charge on any atom is -0.451 e. The molecule has 6 nitrogen and oxygen atoms in total. The van der Waals surface area contributed by atoms with Gasteiger partial charge >= 0.3 is 0 Å². The second-order valence-electron chi connectivity index (χ2n) is 7.24. The molecule has 2 fully saturated rings. The van der Waals surface area contributed by atoms with Crippen molar-refractivity contribution in [1.29, 1.82) is 0 Å². The summed E-state index contributed by atoms with van der Waals surface area (Å²) in [5.74, 6) is 1.42. The van der Waals surface area contributed by atoms with Crippen LogP contribution < -0.4 is 10.6 Å². The maximum Gasteiger partial charge on any atom is 0.287 e. The number of nitrogens with zero attached hydrogens (tertiary/aromatic N) is 1. The summed E-state index contributed by atoms with van der Waals surface area (Å²) in [6.07, 6.45) is 2.30. The van der Waals surface area contributed by atoms with Crippen LogP contribution in [0.25, 0.3) is 11.3 Å². The third-order valence-corrected chi connectivity index (χ3v) is 5.12. The molecular formula is C20H23N3O3. The van der Waals surface area contributed by atoms with Crippen molar-refractivity contribution in [3.8, 4) is 11.3 Å². The molecule has 2 aliphatic rings. The molecule has 3 atom stereocenters. The van der Waals surface area contributed by atoms with E-state index >= 15 is 0 Å². The zero-order valence-electron chi connectivity index (χ0n) is 14.8. The van der Waals surface area contributed by atoms with Crippen molar-refractivity contribution >= 4 is 17.5 Å². The largest absolute Gasteiger partial charge is 0.451 e. The van der Waals surface area contributed by atoms with Gasteiger partial charge in [-0.2, -0.15) is 0 Å². The summed E-state index contributed by atoms with van der Waals surface area (Å²) >= 11 is 0. The molecule has 1 aromatic carbocycles. The van der Waals surface area contributed by atoms with Crippen molar-refractivity contribution < 1.29 is 14.0 Å². The maximum absolute atomic E-state index is 12.5. The number of hydrogen-bond acceptors (Lipinski definition) is 4. The van der Waals surface area contributed by atoms with Gasteiger partial charge in [-0.15, -0.1) is 0 Å². The molecule has 2 saturated heterocycles. The fourth-order valence-electron chi connectivity index (χ4n) is 3.96. The Labute approximate surface area is 152 Å². The Balaban J connectivity index is 1.40. The normalized spacial score (nSPS) is 24.3. The first-order valence-corrected chi connectivity index (χ1v) is 9.08. The van der Waals surface area contributed by atoms with Gasteiger partial charge < -0.3 is 20.0 Å². The van der Waals surface area contributed by atoms with E-state index in [0.717, 1.165) is 30.8 Å². The summed E-state index contributed by atoms with van der Waals surface area (Å²) in [5.41, 5.74) is 1.59. The Morgan fingerprint density at radius 1 is 1.12 bits per heavy atom. The molecule has 136 valence electrons. The molecule has 2 N–H and O–H groups in total. The zero-order valence-corrected chi connectivity index (χ0v) is 14.8. The highest BCUT2D eigenvalue weighted by Gasteiger charge is 2.33. The number of benzene rings is 1. The van der Waals surface area contributed by atoms with E-state index in [1.165, 1.54) is 19.9 Å². The predicted molar refractivity (Wildman–Crippen MR) is 98.9 cm³/mol. The van der Waals surface area contributed by atoms with E-state index in [0.29, 0.717) is 17.4 Å². The van der Waals surface area contributed by atoms with Gasteiger partial charge in [0, 0.05) is 37.3 Å². The first kappa shape index (κ1) is 16.8. The van der Waals surface area contributed by atoms with Crippen LogP contribution >= 0.6 is 0 Å². The summed E-state index contributed by atoms with van der Waals surface area (Å²) in [4.78, 5) is 26.0. The number of amides is 2. The van der Waals surface area contributed by atoms with Gasteiger partial charge in [0.1, 0.15) is 5.76 Å². The molecule has 4 rings (SSSR count). The Hall–Kier alpha value is -2.60. The van der Waals surface area contributed by atoms with Gasteiger partial charge in [-0.1, -0.05) is 0 Å². The number of anilines is 1. The number of carbonyl (C=O) groups excluding carboxylic acids is 2. The average Bonchev–Trinajstić information content (AvgIpc) is 3.22. The van der Waals surface area contributed by atoms with Crippen molar-refractivity contribution in [1.82, 2.24) is 10.2 Å². The lowest BCUT2D eigenvalue weighted by molar-refractivity contribution is -0.114. The Bertz CT molecular complexity index is 800. The Kier molecular flexibility index (Phi) is 4.51. The van der Waals surface area contributed by atoms with Crippen molar-refractivity contribution in [3.05, 3.63) is 42.2 Å². The maximum atomic E-state index is 12.5. The molecule has 2 aliphatic heterocycles. The van der Waals surface area contributed by atoms with E-state index in [4.69, 9.17) is 4.42 Å². The summed E-state index contributed by atoms with van der Waals surface area (Å²) in [7, 11) is 0. The number of carbonyl (C=O) groups is 2. The fourth-order valence-corrected chi connectivity index (χ4v) is 3.96. The predicted octanol–water partition coefficient (Wildman–Crippen LogP) is 2.73. The van der Waals surface area contributed by atoms with Gasteiger partial charge in [-0.05, 0) is 61.7 Å². The molecule has 0 aliphatic carbocycles. The third kappa shape index (κ3) is 3.65. The minimum absolute atomic E-state index is 0.109. The van der Waals surface area contributed by atoms with E-state index < -0.39 is 0 Å². The first-order chi connectivity index (χ1) is 12.6. The lowest BCUT2D eigenvalue weighted by atomic mass is 9.97. The summed E-state index contributed by atoms with van der Waals surface area (Å²) < 4.78 is 5.75. The van der Waals surface area contributed by atoms with E-state index in [2.05, 4.69) is 15.5 Å². The van der Waals surface area contributed by atoms with Crippen LogP contribution in [-0.2, 0) is 4.79 Å². The van der Waals surface area contributed by atoms with Gasteiger partial charge in [-0.3, -0.25) is 9.59 Å². The van der Waals surface area contributed by atoms with Gasteiger partial charge in [0.2, 0.25) is 5.91 Å². The molecule has 6 heteroatoms. The van der Waals surface area contributed by atoms with E-state index in [1.807, 2.05) is 24.3 Å². The monoisotopic (exact) mass is 353 g/mol. The third-order valence-electron chi connectivity index (χ3n) is 5.12. The number of hydrogen-bond donors (Lipinski definition) is 2. The van der Waals surface area contributed by atoms with Gasteiger partial charge in [0.15, 0.2) is 5.76 Å². The van der Waals surface area contributed by atoms with Crippen LogP contribution in [0.1, 0.15) is 30.3 Å². The molecule has 3 heterocycles. The molecule has 0 spiro atoms.